The fourth-order valence-electron chi connectivity index (χ4n) is 2.28. The number of rotatable bonds is 4. The topological polar surface area (TPSA) is 87.5 Å². The molecular formula is C17H14N4O2. The lowest BCUT2D eigenvalue weighted by Crippen LogP contribution is -2.08. The number of fused-ring (bicyclic) bond motifs is 1. The first-order valence-corrected chi connectivity index (χ1v) is 6.99. The highest BCUT2D eigenvalue weighted by Gasteiger charge is 2.11. The third kappa shape index (κ3) is 3.01. The summed E-state index contributed by atoms with van der Waals surface area (Å²) in [7, 11) is 0. The number of hydrogen-bond acceptors (Lipinski definition) is 5. The Morgan fingerprint density at radius 2 is 1.74 bits per heavy atom. The average molecular weight is 306 g/mol. The number of para-hydroxylation sites is 1. The standard InChI is InChI=1S/C17H14N4O2/c1-11(12-6-2-3-7-13(12)17(22)23)20-21-16-14-8-4-5-9-15(14)18-10-19-16/h2-10H,1H3,(H,22,23)(H,18,19,21)/b20-11-. The van der Waals surface area contributed by atoms with Crippen LogP contribution in [0.25, 0.3) is 10.9 Å². The van der Waals surface area contributed by atoms with Crippen molar-refractivity contribution in [2.24, 2.45) is 5.10 Å². The van der Waals surface area contributed by atoms with Crippen LogP contribution in [0.3, 0.4) is 0 Å². The molecule has 2 N–H and O–H groups in total. The molecule has 114 valence electrons. The Balaban J connectivity index is 1.95. The summed E-state index contributed by atoms with van der Waals surface area (Å²) in [6.45, 7) is 1.75. The number of nitrogens with zero attached hydrogens (tertiary/aromatic N) is 3. The Bertz CT molecular complexity index is 900. The van der Waals surface area contributed by atoms with Crippen molar-refractivity contribution in [2.45, 2.75) is 6.92 Å². The SMILES string of the molecule is C/C(=N/Nc1ncnc2ccccc12)c1ccccc1C(=O)O. The second kappa shape index (κ2) is 6.23. The van der Waals surface area contributed by atoms with E-state index in [1.165, 1.54) is 6.33 Å². The van der Waals surface area contributed by atoms with Gasteiger partial charge in [-0.1, -0.05) is 30.3 Å². The van der Waals surface area contributed by atoms with Crippen LogP contribution in [0.4, 0.5) is 5.82 Å². The van der Waals surface area contributed by atoms with Gasteiger partial charge in [0.2, 0.25) is 0 Å². The molecule has 0 atom stereocenters. The van der Waals surface area contributed by atoms with E-state index in [0.29, 0.717) is 17.1 Å². The molecule has 1 heterocycles. The van der Waals surface area contributed by atoms with Gasteiger partial charge in [0.15, 0.2) is 5.82 Å². The minimum Gasteiger partial charge on any atom is -0.478 e. The van der Waals surface area contributed by atoms with E-state index in [4.69, 9.17) is 0 Å². The zero-order chi connectivity index (χ0) is 16.2. The molecule has 0 saturated heterocycles. The number of benzene rings is 2. The number of carboxylic acid groups (broad SMARTS) is 1. The molecule has 2 aromatic carbocycles. The van der Waals surface area contributed by atoms with Crippen LogP contribution in [0.1, 0.15) is 22.8 Å². The number of nitrogens with one attached hydrogen (secondary N) is 1. The Labute approximate surface area is 132 Å². The van der Waals surface area contributed by atoms with Gasteiger partial charge in [-0.2, -0.15) is 5.10 Å². The maximum atomic E-state index is 11.3. The van der Waals surface area contributed by atoms with Crippen LogP contribution in [0.15, 0.2) is 60.0 Å². The summed E-state index contributed by atoms with van der Waals surface area (Å²) in [4.78, 5) is 19.7. The molecule has 0 unspecified atom stereocenters. The van der Waals surface area contributed by atoms with Crippen LogP contribution in [0.5, 0.6) is 0 Å². The average Bonchev–Trinajstić information content (AvgIpc) is 2.59. The lowest BCUT2D eigenvalue weighted by atomic mass is 10.0. The predicted molar refractivity (Wildman–Crippen MR) is 88.8 cm³/mol. The zero-order valence-electron chi connectivity index (χ0n) is 12.4. The van der Waals surface area contributed by atoms with Gasteiger partial charge < -0.3 is 5.11 Å². The second-order valence-electron chi connectivity index (χ2n) is 4.90. The van der Waals surface area contributed by atoms with Crippen LogP contribution < -0.4 is 5.43 Å². The van der Waals surface area contributed by atoms with Crippen molar-refractivity contribution in [3.05, 3.63) is 66.0 Å². The van der Waals surface area contributed by atoms with E-state index in [9.17, 15) is 9.90 Å². The normalized spacial score (nSPS) is 11.4. The molecule has 0 radical (unpaired) electrons. The van der Waals surface area contributed by atoms with Crippen LogP contribution in [-0.2, 0) is 0 Å². The summed E-state index contributed by atoms with van der Waals surface area (Å²) in [5.41, 5.74) is 5.04. The fraction of sp³-hybridized carbons (Fsp3) is 0.0588. The van der Waals surface area contributed by atoms with Crippen molar-refractivity contribution < 1.29 is 9.90 Å². The van der Waals surface area contributed by atoms with Gasteiger partial charge in [-0.15, -0.1) is 0 Å². The van der Waals surface area contributed by atoms with Crippen LogP contribution in [0, 0.1) is 0 Å². The Morgan fingerprint density at radius 3 is 2.52 bits per heavy atom. The van der Waals surface area contributed by atoms with Gasteiger partial charge in [0, 0.05) is 10.9 Å². The summed E-state index contributed by atoms with van der Waals surface area (Å²) in [5.74, 6) is -0.412. The van der Waals surface area contributed by atoms with Gasteiger partial charge >= 0.3 is 5.97 Å². The van der Waals surface area contributed by atoms with Gasteiger partial charge in [-0.25, -0.2) is 14.8 Å². The smallest absolute Gasteiger partial charge is 0.336 e. The maximum absolute atomic E-state index is 11.3. The van der Waals surface area contributed by atoms with E-state index < -0.39 is 5.97 Å². The molecule has 3 rings (SSSR count). The Hall–Kier alpha value is -3.28. The zero-order valence-corrected chi connectivity index (χ0v) is 12.4. The van der Waals surface area contributed by atoms with Crippen molar-refractivity contribution in [2.75, 3.05) is 5.43 Å². The first-order chi connectivity index (χ1) is 11.2. The summed E-state index contributed by atoms with van der Waals surface area (Å²) in [5, 5.41) is 14.4. The molecule has 0 amide bonds. The number of hydrogen-bond donors (Lipinski definition) is 2. The molecule has 0 bridgehead atoms. The molecule has 0 saturated carbocycles. The molecule has 1 aromatic heterocycles. The monoisotopic (exact) mass is 306 g/mol. The number of carboxylic acids is 1. The third-order valence-corrected chi connectivity index (χ3v) is 3.42. The number of hydrazone groups is 1. The molecule has 0 spiro atoms. The first kappa shape index (κ1) is 14.6. The van der Waals surface area contributed by atoms with Crippen LogP contribution >= 0.6 is 0 Å². The Kier molecular flexibility index (Phi) is 3.97. The van der Waals surface area contributed by atoms with Gasteiger partial charge in [-0.05, 0) is 25.1 Å². The number of carbonyl (C=O) groups is 1. The molecule has 0 aliphatic rings. The van der Waals surface area contributed by atoms with E-state index in [1.807, 2.05) is 24.3 Å². The van der Waals surface area contributed by atoms with E-state index in [1.54, 1.807) is 31.2 Å². The minimum atomic E-state index is -0.984. The summed E-state index contributed by atoms with van der Waals surface area (Å²) < 4.78 is 0. The van der Waals surface area contributed by atoms with E-state index in [-0.39, 0.29) is 5.56 Å². The summed E-state index contributed by atoms with van der Waals surface area (Å²) in [6, 6.07) is 14.3. The summed E-state index contributed by atoms with van der Waals surface area (Å²) >= 11 is 0. The molecule has 23 heavy (non-hydrogen) atoms. The van der Waals surface area contributed by atoms with Crippen LogP contribution in [-0.4, -0.2) is 26.8 Å². The molecule has 0 fully saturated rings. The fourth-order valence-corrected chi connectivity index (χ4v) is 2.28. The van der Waals surface area contributed by atoms with Crippen molar-refractivity contribution in [3.63, 3.8) is 0 Å². The van der Waals surface area contributed by atoms with Crippen molar-refractivity contribution in [1.82, 2.24) is 9.97 Å². The van der Waals surface area contributed by atoms with E-state index >= 15 is 0 Å². The minimum absolute atomic E-state index is 0.211. The number of aromatic nitrogens is 2. The van der Waals surface area contributed by atoms with E-state index in [0.717, 1.165) is 10.9 Å². The van der Waals surface area contributed by atoms with Gasteiger partial charge in [0.25, 0.3) is 0 Å². The maximum Gasteiger partial charge on any atom is 0.336 e. The highest BCUT2D eigenvalue weighted by molar-refractivity contribution is 6.07. The van der Waals surface area contributed by atoms with E-state index in [2.05, 4.69) is 20.5 Å². The molecule has 0 aliphatic heterocycles. The molecular weight excluding hydrogens is 292 g/mol. The highest BCUT2D eigenvalue weighted by atomic mass is 16.4. The van der Waals surface area contributed by atoms with Crippen molar-refractivity contribution in [1.29, 1.82) is 0 Å². The lowest BCUT2D eigenvalue weighted by Gasteiger charge is -2.07. The largest absolute Gasteiger partial charge is 0.478 e. The van der Waals surface area contributed by atoms with Crippen molar-refractivity contribution >= 4 is 28.4 Å². The van der Waals surface area contributed by atoms with Gasteiger partial charge in [-0.3, -0.25) is 5.43 Å². The Morgan fingerprint density at radius 1 is 1.04 bits per heavy atom. The van der Waals surface area contributed by atoms with Gasteiger partial charge in [0.05, 0.1) is 16.8 Å². The number of aromatic carboxylic acids is 1. The molecule has 6 nitrogen and oxygen atoms in total. The summed E-state index contributed by atoms with van der Waals surface area (Å²) in [6.07, 6.45) is 1.46. The lowest BCUT2D eigenvalue weighted by molar-refractivity contribution is 0.0696. The molecule has 3 aromatic rings. The first-order valence-electron chi connectivity index (χ1n) is 6.99. The molecule has 6 heteroatoms. The quantitative estimate of drug-likeness (QED) is 0.571. The number of anilines is 1. The third-order valence-electron chi connectivity index (χ3n) is 3.42. The van der Waals surface area contributed by atoms with Crippen LogP contribution in [0.2, 0.25) is 0 Å². The predicted octanol–water partition coefficient (Wildman–Crippen LogP) is 3.16. The van der Waals surface area contributed by atoms with Gasteiger partial charge in [0.1, 0.15) is 6.33 Å². The van der Waals surface area contributed by atoms with Crippen molar-refractivity contribution in [3.8, 4) is 0 Å². The highest BCUT2D eigenvalue weighted by Crippen LogP contribution is 2.18. The molecule has 0 aliphatic carbocycles. The second-order valence-corrected chi connectivity index (χ2v) is 4.90.